The van der Waals surface area contributed by atoms with Gasteiger partial charge in [-0.1, -0.05) is 18.2 Å². The highest BCUT2D eigenvalue weighted by Crippen LogP contribution is 2.25. The standard InChI is InChI=1S/C14H16FN3/c1-16-10-11-8-9-17-14(13(11)15)18(2)12-6-4-3-5-7-12/h3-9,16H,10H2,1-2H3. The summed E-state index contributed by atoms with van der Waals surface area (Å²) in [4.78, 5) is 5.87. The predicted molar refractivity (Wildman–Crippen MR) is 71.5 cm³/mol. The van der Waals surface area contributed by atoms with E-state index < -0.39 is 0 Å². The first kappa shape index (κ1) is 12.5. The molecule has 1 heterocycles. The van der Waals surface area contributed by atoms with Crippen molar-refractivity contribution in [3.63, 3.8) is 0 Å². The number of hydrogen-bond donors (Lipinski definition) is 1. The molecule has 0 saturated carbocycles. The highest BCUT2D eigenvalue weighted by molar-refractivity contribution is 5.59. The summed E-state index contributed by atoms with van der Waals surface area (Å²) < 4.78 is 14.3. The van der Waals surface area contributed by atoms with Gasteiger partial charge in [0.15, 0.2) is 11.6 Å². The Morgan fingerprint density at radius 3 is 2.61 bits per heavy atom. The highest BCUT2D eigenvalue weighted by Gasteiger charge is 2.13. The summed E-state index contributed by atoms with van der Waals surface area (Å²) in [6.07, 6.45) is 1.63. The first-order valence-corrected chi connectivity index (χ1v) is 5.81. The van der Waals surface area contributed by atoms with Gasteiger partial charge in [0.25, 0.3) is 0 Å². The molecule has 3 nitrogen and oxygen atoms in total. The first-order chi connectivity index (χ1) is 8.74. The molecular weight excluding hydrogens is 229 g/mol. The molecular formula is C14H16FN3. The van der Waals surface area contributed by atoms with E-state index in [1.807, 2.05) is 37.4 Å². The number of anilines is 2. The van der Waals surface area contributed by atoms with E-state index in [2.05, 4.69) is 10.3 Å². The van der Waals surface area contributed by atoms with Crippen LogP contribution in [0.2, 0.25) is 0 Å². The van der Waals surface area contributed by atoms with Crippen LogP contribution in [0.25, 0.3) is 0 Å². The number of halogens is 1. The van der Waals surface area contributed by atoms with Crippen LogP contribution < -0.4 is 10.2 Å². The van der Waals surface area contributed by atoms with Crippen LogP contribution in [0.15, 0.2) is 42.6 Å². The molecule has 1 aromatic carbocycles. The molecule has 18 heavy (non-hydrogen) atoms. The molecule has 0 aliphatic rings. The van der Waals surface area contributed by atoms with Gasteiger partial charge in [-0.2, -0.15) is 0 Å². The van der Waals surface area contributed by atoms with Crippen molar-refractivity contribution in [3.05, 3.63) is 54.0 Å². The molecule has 0 atom stereocenters. The zero-order valence-electron chi connectivity index (χ0n) is 10.5. The van der Waals surface area contributed by atoms with Crippen LogP contribution in [0, 0.1) is 5.82 Å². The van der Waals surface area contributed by atoms with Crippen molar-refractivity contribution < 1.29 is 4.39 Å². The Bertz CT molecular complexity index is 514. The fraction of sp³-hybridized carbons (Fsp3) is 0.214. The lowest BCUT2D eigenvalue weighted by Gasteiger charge is -2.19. The molecule has 1 aromatic heterocycles. The van der Waals surface area contributed by atoms with Gasteiger partial charge in [0.1, 0.15) is 0 Å². The zero-order valence-corrected chi connectivity index (χ0v) is 10.5. The maximum atomic E-state index is 14.3. The summed E-state index contributed by atoms with van der Waals surface area (Å²) >= 11 is 0. The van der Waals surface area contributed by atoms with Gasteiger partial charge in [-0.05, 0) is 25.2 Å². The molecule has 0 saturated heterocycles. The van der Waals surface area contributed by atoms with Crippen LogP contribution >= 0.6 is 0 Å². The van der Waals surface area contributed by atoms with Crippen LogP contribution in [-0.2, 0) is 6.54 Å². The number of benzene rings is 1. The van der Waals surface area contributed by atoms with Crippen LogP contribution in [0.3, 0.4) is 0 Å². The summed E-state index contributed by atoms with van der Waals surface area (Å²) in [5.74, 6) is 0.0622. The number of para-hydroxylation sites is 1. The Morgan fingerprint density at radius 2 is 1.94 bits per heavy atom. The van der Waals surface area contributed by atoms with Crippen molar-refractivity contribution in [2.45, 2.75) is 6.54 Å². The number of nitrogens with zero attached hydrogens (tertiary/aromatic N) is 2. The van der Waals surface area contributed by atoms with Crippen molar-refractivity contribution in [2.75, 3.05) is 19.0 Å². The SMILES string of the molecule is CNCc1ccnc(N(C)c2ccccc2)c1F. The Labute approximate surface area is 106 Å². The van der Waals surface area contributed by atoms with Crippen LogP contribution in [0.5, 0.6) is 0 Å². The molecule has 94 valence electrons. The molecule has 2 rings (SSSR count). The van der Waals surface area contributed by atoms with Gasteiger partial charge in [0.05, 0.1) is 0 Å². The fourth-order valence-corrected chi connectivity index (χ4v) is 1.81. The van der Waals surface area contributed by atoms with Crippen molar-refractivity contribution in [1.82, 2.24) is 10.3 Å². The van der Waals surface area contributed by atoms with Gasteiger partial charge in [0.2, 0.25) is 0 Å². The molecule has 0 amide bonds. The van der Waals surface area contributed by atoms with Gasteiger partial charge in [-0.15, -0.1) is 0 Å². The molecule has 0 aliphatic heterocycles. The lowest BCUT2D eigenvalue weighted by molar-refractivity contribution is 0.595. The van der Waals surface area contributed by atoms with Crippen molar-refractivity contribution in [2.24, 2.45) is 0 Å². The molecule has 0 bridgehead atoms. The van der Waals surface area contributed by atoms with Crippen molar-refractivity contribution in [3.8, 4) is 0 Å². The third-order valence-electron chi connectivity index (χ3n) is 2.78. The zero-order chi connectivity index (χ0) is 13.0. The highest BCUT2D eigenvalue weighted by atomic mass is 19.1. The van der Waals surface area contributed by atoms with E-state index in [9.17, 15) is 4.39 Å². The lowest BCUT2D eigenvalue weighted by Crippen LogP contribution is -2.15. The van der Waals surface area contributed by atoms with Crippen LogP contribution in [-0.4, -0.2) is 19.1 Å². The normalized spacial score (nSPS) is 10.4. The number of pyridine rings is 1. The van der Waals surface area contributed by atoms with Gasteiger partial charge in [-0.3, -0.25) is 0 Å². The maximum absolute atomic E-state index is 14.3. The Kier molecular flexibility index (Phi) is 3.89. The minimum absolute atomic E-state index is 0.279. The van der Waals surface area contributed by atoms with E-state index in [4.69, 9.17) is 0 Å². The number of rotatable bonds is 4. The minimum Gasteiger partial charge on any atom is -0.327 e. The fourth-order valence-electron chi connectivity index (χ4n) is 1.81. The molecule has 0 spiro atoms. The van der Waals surface area contributed by atoms with Gasteiger partial charge in [0, 0.05) is 31.0 Å². The average Bonchev–Trinajstić information content (AvgIpc) is 2.42. The van der Waals surface area contributed by atoms with Gasteiger partial charge < -0.3 is 10.2 Å². The predicted octanol–water partition coefficient (Wildman–Crippen LogP) is 2.71. The van der Waals surface area contributed by atoms with E-state index >= 15 is 0 Å². The van der Waals surface area contributed by atoms with Gasteiger partial charge in [-0.25, -0.2) is 9.37 Å². The summed E-state index contributed by atoms with van der Waals surface area (Å²) in [7, 11) is 3.60. The van der Waals surface area contributed by atoms with E-state index in [-0.39, 0.29) is 5.82 Å². The van der Waals surface area contributed by atoms with Crippen molar-refractivity contribution in [1.29, 1.82) is 0 Å². The second-order valence-electron chi connectivity index (χ2n) is 4.03. The van der Waals surface area contributed by atoms with E-state index in [1.54, 1.807) is 24.2 Å². The summed E-state index contributed by atoms with van der Waals surface area (Å²) in [5.41, 5.74) is 1.52. The first-order valence-electron chi connectivity index (χ1n) is 5.81. The molecule has 0 fully saturated rings. The molecule has 4 heteroatoms. The molecule has 1 N–H and O–H groups in total. The Morgan fingerprint density at radius 1 is 1.22 bits per heavy atom. The average molecular weight is 245 g/mol. The second-order valence-corrected chi connectivity index (χ2v) is 4.03. The van der Waals surface area contributed by atoms with Crippen molar-refractivity contribution >= 4 is 11.5 Å². The summed E-state index contributed by atoms with van der Waals surface area (Å²) in [6.45, 7) is 0.490. The molecule has 2 aromatic rings. The third kappa shape index (κ3) is 2.49. The quantitative estimate of drug-likeness (QED) is 0.897. The molecule has 0 radical (unpaired) electrons. The van der Waals surface area contributed by atoms with E-state index in [0.717, 1.165) is 5.69 Å². The van der Waals surface area contributed by atoms with E-state index in [0.29, 0.717) is 17.9 Å². The van der Waals surface area contributed by atoms with E-state index in [1.165, 1.54) is 0 Å². The van der Waals surface area contributed by atoms with Gasteiger partial charge >= 0.3 is 0 Å². The molecule has 0 aliphatic carbocycles. The largest absolute Gasteiger partial charge is 0.327 e. The Balaban J connectivity index is 2.36. The maximum Gasteiger partial charge on any atom is 0.170 e. The lowest BCUT2D eigenvalue weighted by atomic mass is 10.2. The minimum atomic E-state index is -0.279. The second kappa shape index (κ2) is 5.60. The third-order valence-corrected chi connectivity index (χ3v) is 2.78. The smallest absolute Gasteiger partial charge is 0.170 e. The summed E-state index contributed by atoms with van der Waals surface area (Å²) in [5, 5.41) is 2.94. The number of hydrogen-bond acceptors (Lipinski definition) is 3. The monoisotopic (exact) mass is 245 g/mol. The topological polar surface area (TPSA) is 28.2 Å². The van der Waals surface area contributed by atoms with Crippen LogP contribution in [0.4, 0.5) is 15.9 Å². The van der Waals surface area contributed by atoms with Crippen LogP contribution in [0.1, 0.15) is 5.56 Å². The Hall–Kier alpha value is -1.94. The number of nitrogens with one attached hydrogen (secondary N) is 1. The molecule has 0 unspecified atom stereocenters. The number of aromatic nitrogens is 1. The summed E-state index contributed by atoms with van der Waals surface area (Å²) in [6, 6.07) is 11.3.